The number of methoxy groups -OCH3 is 1. The summed E-state index contributed by atoms with van der Waals surface area (Å²) >= 11 is 0. The lowest BCUT2D eigenvalue weighted by Gasteiger charge is -2.37. The van der Waals surface area contributed by atoms with Crippen LogP contribution in [-0.4, -0.2) is 23.0 Å². The first kappa shape index (κ1) is 15.6. The van der Waals surface area contributed by atoms with E-state index in [-0.39, 0.29) is 5.91 Å². The van der Waals surface area contributed by atoms with Gasteiger partial charge in [-0.25, -0.2) is 4.98 Å². The molecule has 5 heteroatoms. The number of hydrogen-bond donors (Lipinski definition) is 2. The summed E-state index contributed by atoms with van der Waals surface area (Å²) < 4.78 is 5.53. The first-order chi connectivity index (χ1) is 11.3. The number of nitrogens with zero attached hydrogens (tertiary/aromatic N) is 1. The van der Waals surface area contributed by atoms with Crippen LogP contribution in [0.2, 0.25) is 0 Å². The highest BCUT2D eigenvalue weighted by Gasteiger charge is 2.42. The second-order valence-electron chi connectivity index (χ2n) is 6.10. The highest BCUT2D eigenvalue weighted by molar-refractivity contribution is 5.89. The fraction of sp³-hybridized carbons (Fsp3) is 0.444. The van der Waals surface area contributed by atoms with Crippen LogP contribution in [0.1, 0.15) is 43.4 Å². The van der Waals surface area contributed by atoms with Crippen molar-refractivity contribution in [3.63, 3.8) is 0 Å². The van der Waals surface area contributed by atoms with Crippen LogP contribution in [0, 0.1) is 0 Å². The number of ether oxygens (including phenoxy) is 1. The molecule has 23 heavy (non-hydrogen) atoms. The van der Waals surface area contributed by atoms with Crippen LogP contribution in [-0.2, 0) is 16.8 Å². The van der Waals surface area contributed by atoms with Gasteiger partial charge in [-0.15, -0.1) is 0 Å². The number of nitrogens with one attached hydrogen (secondary N) is 2. The zero-order valence-corrected chi connectivity index (χ0v) is 13.5. The van der Waals surface area contributed by atoms with Crippen molar-refractivity contribution in [2.45, 2.75) is 44.1 Å². The number of aromatic amines is 1. The maximum Gasteiger partial charge on any atom is 0.231 e. The van der Waals surface area contributed by atoms with Crippen molar-refractivity contribution in [2.75, 3.05) is 7.11 Å². The Hall–Kier alpha value is -2.30. The van der Waals surface area contributed by atoms with Gasteiger partial charge in [0, 0.05) is 11.8 Å². The zero-order chi connectivity index (χ0) is 16.1. The monoisotopic (exact) mass is 313 g/mol. The predicted octanol–water partition coefficient (Wildman–Crippen LogP) is 2.94. The van der Waals surface area contributed by atoms with Crippen molar-refractivity contribution in [1.82, 2.24) is 15.3 Å². The number of benzene rings is 1. The van der Waals surface area contributed by atoms with Crippen LogP contribution in [0.4, 0.5) is 0 Å². The fourth-order valence-corrected chi connectivity index (χ4v) is 3.54. The molecular formula is C18H23N3O2. The van der Waals surface area contributed by atoms with Gasteiger partial charge in [-0.05, 0) is 18.9 Å². The SMILES string of the molecule is COc1ccccc1C1(C(=O)NCc2cnc[nH]2)CCCCC1. The Morgan fingerprint density at radius 1 is 1.30 bits per heavy atom. The van der Waals surface area contributed by atoms with Crippen molar-refractivity contribution in [2.24, 2.45) is 0 Å². The molecule has 1 fully saturated rings. The molecule has 0 atom stereocenters. The molecule has 1 heterocycles. The largest absolute Gasteiger partial charge is 0.496 e. The molecule has 0 aliphatic heterocycles. The molecule has 1 aromatic carbocycles. The highest BCUT2D eigenvalue weighted by atomic mass is 16.5. The number of para-hydroxylation sites is 1. The molecule has 0 spiro atoms. The Balaban J connectivity index is 1.88. The number of imidazole rings is 1. The summed E-state index contributed by atoms with van der Waals surface area (Å²) in [5.74, 6) is 0.877. The van der Waals surface area contributed by atoms with E-state index in [0.29, 0.717) is 6.54 Å². The maximum atomic E-state index is 13.1. The molecule has 0 saturated heterocycles. The molecule has 122 valence electrons. The van der Waals surface area contributed by atoms with Gasteiger partial charge in [0.2, 0.25) is 5.91 Å². The van der Waals surface area contributed by atoms with Gasteiger partial charge in [-0.3, -0.25) is 4.79 Å². The van der Waals surface area contributed by atoms with Gasteiger partial charge in [0.25, 0.3) is 0 Å². The number of H-pyrrole nitrogens is 1. The van der Waals surface area contributed by atoms with E-state index in [1.165, 1.54) is 6.42 Å². The third-order valence-electron chi connectivity index (χ3n) is 4.76. The summed E-state index contributed by atoms with van der Waals surface area (Å²) in [4.78, 5) is 20.1. The topological polar surface area (TPSA) is 67.0 Å². The van der Waals surface area contributed by atoms with Crippen LogP contribution in [0.5, 0.6) is 5.75 Å². The second kappa shape index (κ2) is 6.86. The summed E-state index contributed by atoms with van der Waals surface area (Å²) in [7, 11) is 1.66. The van der Waals surface area contributed by atoms with Gasteiger partial charge >= 0.3 is 0 Å². The van der Waals surface area contributed by atoms with E-state index < -0.39 is 5.41 Å². The summed E-state index contributed by atoms with van der Waals surface area (Å²) in [5.41, 5.74) is 1.42. The third kappa shape index (κ3) is 3.09. The summed E-state index contributed by atoms with van der Waals surface area (Å²) in [6, 6.07) is 7.89. The number of aromatic nitrogens is 2. The lowest BCUT2D eigenvalue weighted by atomic mass is 9.68. The minimum Gasteiger partial charge on any atom is -0.496 e. The van der Waals surface area contributed by atoms with E-state index in [9.17, 15) is 4.79 Å². The molecule has 5 nitrogen and oxygen atoms in total. The molecule has 1 aliphatic carbocycles. The molecule has 1 aromatic heterocycles. The number of carbonyl (C=O) groups is 1. The highest BCUT2D eigenvalue weighted by Crippen LogP contribution is 2.43. The van der Waals surface area contributed by atoms with Crippen molar-refractivity contribution in [3.05, 3.63) is 48.0 Å². The van der Waals surface area contributed by atoms with Crippen molar-refractivity contribution in [3.8, 4) is 5.75 Å². The van der Waals surface area contributed by atoms with E-state index >= 15 is 0 Å². The van der Waals surface area contributed by atoms with Gasteiger partial charge in [-0.1, -0.05) is 37.5 Å². The van der Waals surface area contributed by atoms with E-state index in [1.54, 1.807) is 19.6 Å². The Bertz CT molecular complexity index is 646. The lowest BCUT2D eigenvalue weighted by Crippen LogP contribution is -2.45. The molecule has 0 unspecified atom stereocenters. The minimum absolute atomic E-state index is 0.0799. The number of hydrogen-bond acceptors (Lipinski definition) is 3. The average Bonchev–Trinajstić information content (AvgIpc) is 3.13. The van der Waals surface area contributed by atoms with Gasteiger partial charge in [0.15, 0.2) is 0 Å². The Morgan fingerprint density at radius 2 is 2.09 bits per heavy atom. The van der Waals surface area contributed by atoms with Crippen LogP contribution < -0.4 is 10.1 Å². The predicted molar refractivity (Wildman–Crippen MR) is 88.2 cm³/mol. The van der Waals surface area contributed by atoms with Crippen LogP contribution in [0.25, 0.3) is 0 Å². The van der Waals surface area contributed by atoms with E-state index in [2.05, 4.69) is 15.3 Å². The van der Waals surface area contributed by atoms with Gasteiger partial charge in [0.05, 0.1) is 31.1 Å². The lowest BCUT2D eigenvalue weighted by molar-refractivity contribution is -0.128. The van der Waals surface area contributed by atoms with Crippen LogP contribution in [0.3, 0.4) is 0 Å². The zero-order valence-electron chi connectivity index (χ0n) is 13.5. The normalized spacial score (nSPS) is 16.7. The summed E-state index contributed by atoms with van der Waals surface area (Å²) in [6.07, 6.45) is 8.40. The molecule has 0 radical (unpaired) electrons. The second-order valence-corrected chi connectivity index (χ2v) is 6.10. The van der Waals surface area contributed by atoms with Gasteiger partial charge < -0.3 is 15.0 Å². The van der Waals surface area contributed by atoms with E-state index in [0.717, 1.165) is 42.7 Å². The Kier molecular flexibility index (Phi) is 4.65. The standard InChI is InChI=1S/C18H23N3O2/c1-23-16-8-4-3-7-15(16)18(9-5-2-6-10-18)17(22)20-12-14-11-19-13-21-14/h3-4,7-8,11,13H,2,5-6,9-10,12H2,1H3,(H,19,21)(H,20,22). The first-order valence-electron chi connectivity index (χ1n) is 8.15. The quantitative estimate of drug-likeness (QED) is 0.892. The summed E-state index contributed by atoms with van der Waals surface area (Å²) in [5, 5.41) is 3.08. The fourth-order valence-electron chi connectivity index (χ4n) is 3.54. The maximum absolute atomic E-state index is 13.1. The number of carbonyl (C=O) groups excluding carboxylic acids is 1. The molecule has 3 rings (SSSR count). The van der Waals surface area contributed by atoms with Gasteiger partial charge in [-0.2, -0.15) is 0 Å². The Morgan fingerprint density at radius 3 is 2.78 bits per heavy atom. The minimum atomic E-state index is -0.495. The molecule has 0 bridgehead atoms. The van der Waals surface area contributed by atoms with Crippen LogP contribution in [0.15, 0.2) is 36.8 Å². The van der Waals surface area contributed by atoms with E-state index in [1.807, 2.05) is 24.3 Å². The average molecular weight is 313 g/mol. The molecule has 1 saturated carbocycles. The summed E-state index contributed by atoms with van der Waals surface area (Å²) in [6.45, 7) is 0.468. The molecule has 2 N–H and O–H groups in total. The smallest absolute Gasteiger partial charge is 0.231 e. The molecule has 1 amide bonds. The molecule has 1 aliphatic rings. The van der Waals surface area contributed by atoms with Crippen molar-refractivity contribution < 1.29 is 9.53 Å². The molecular weight excluding hydrogens is 290 g/mol. The van der Waals surface area contributed by atoms with Crippen LogP contribution >= 0.6 is 0 Å². The molecule has 2 aromatic rings. The first-order valence-corrected chi connectivity index (χ1v) is 8.15. The van der Waals surface area contributed by atoms with E-state index in [4.69, 9.17) is 4.74 Å². The van der Waals surface area contributed by atoms with Crippen molar-refractivity contribution in [1.29, 1.82) is 0 Å². The third-order valence-corrected chi connectivity index (χ3v) is 4.76. The van der Waals surface area contributed by atoms with Gasteiger partial charge in [0.1, 0.15) is 5.75 Å². The van der Waals surface area contributed by atoms with Crippen molar-refractivity contribution >= 4 is 5.91 Å². The Labute approximate surface area is 136 Å². The number of amides is 1. The number of rotatable bonds is 5.